The molecular weight excluding hydrogens is 381 g/mol. The molecule has 7 heteroatoms. The molecule has 0 N–H and O–H groups in total. The number of nitrogens with zero attached hydrogens (tertiary/aromatic N) is 1. The average Bonchev–Trinajstić information content (AvgIpc) is 3.00. The maximum absolute atomic E-state index is 14.1. The number of carbonyl (C=O) groups excluding carboxylic acids is 1. The van der Waals surface area contributed by atoms with Crippen LogP contribution in [0.2, 0.25) is 0 Å². The van der Waals surface area contributed by atoms with Crippen molar-refractivity contribution in [2.75, 3.05) is 18.1 Å². The van der Waals surface area contributed by atoms with E-state index in [0.29, 0.717) is 17.7 Å². The molecule has 1 heterocycles. The third-order valence-electron chi connectivity index (χ3n) is 5.02. The fourth-order valence-electron chi connectivity index (χ4n) is 3.50. The van der Waals surface area contributed by atoms with Crippen molar-refractivity contribution in [3.63, 3.8) is 0 Å². The van der Waals surface area contributed by atoms with Crippen molar-refractivity contribution in [3.05, 3.63) is 65.0 Å². The maximum Gasteiger partial charge on any atom is 0.261 e. The molecule has 150 valence electrons. The van der Waals surface area contributed by atoms with Crippen molar-refractivity contribution in [2.24, 2.45) is 0 Å². The van der Waals surface area contributed by atoms with E-state index in [1.165, 1.54) is 11.0 Å². The molecule has 0 bridgehead atoms. The summed E-state index contributed by atoms with van der Waals surface area (Å²) in [6, 6.07) is 11.4. The first kappa shape index (κ1) is 20.3. The maximum atomic E-state index is 14.1. The number of hydrogen-bond acceptors (Lipinski definition) is 4. The Morgan fingerprint density at radius 1 is 1.14 bits per heavy atom. The van der Waals surface area contributed by atoms with E-state index < -0.39 is 21.7 Å². The molecule has 0 aliphatic carbocycles. The van der Waals surface area contributed by atoms with Gasteiger partial charge in [0.15, 0.2) is 16.4 Å². The standard InChI is InChI=1S/C21H24FNO4S/c1-15-6-5-7-16(2)21(15)27-13-20(24)23(18-10-11-28(25,26)14-18)12-17-8-3-4-9-19(17)22/h3-9,18H,10-14H2,1-2H3/t18-/m0/s1. The Balaban J connectivity index is 1.79. The summed E-state index contributed by atoms with van der Waals surface area (Å²) in [4.78, 5) is 14.4. The van der Waals surface area contributed by atoms with Crippen molar-refractivity contribution < 1.29 is 22.3 Å². The number of ether oxygens (including phenoxy) is 1. The first-order valence-electron chi connectivity index (χ1n) is 9.19. The van der Waals surface area contributed by atoms with Crippen molar-refractivity contribution >= 4 is 15.7 Å². The highest BCUT2D eigenvalue weighted by molar-refractivity contribution is 7.91. The Labute approximate surface area is 165 Å². The summed E-state index contributed by atoms with van der Waals surface area (Å²) in [5.74, 6) is -0.196. The van der Waals surface area contributed by atoms with E-state index in [1.54, 1.807) is 18.2 Å². The quantitative estimate of drug-likeness (QED) is 0.741. The van der Waals surface area contributed by atoms with Crippen molar-refractivity contribution in [1.29, 1.82) is 0 Å². The molecule has 3 rings (SSSR count). The largest absolute Gasteiger partial charge is 0.483 e. The summed E-state index contributed by atoms with van der Waals surface area (Å²) in [6.07, 6.45) is 0.353. The fourth-order valence-corrected chi connectivity index (χ4v) is 5.23. The molecular formula is C21H24FNO4S. The lowest BCUT2D eigenvalue weighted by Gasteiger charge is -2.29. The molecule has 1 atom stereocenters. The number of hydrogen-bond donors (Lipinski definition) is 0. The van der Waals surface area contributed by atoms with Gasteiger partial charge in [0.25, 0.3) is 5.91 Å². The molecule has 1 amide bonds. The van der Waals surface area contributed by atoms with Crippen LogP contribution in [-0.2, 0) is 21.2 Å². The number of carbonyl (C=O) groups is 1. The molecule has 5 nitrogen and oxygen atoms in total. The highest BCUT2D eigenvalue weighted by Gasteiger charge is 2.35. The Bertz CT molecular complexity index is 954. The summed E-state index contributed by atoms with van der Waals surface area (Å²) in [7, 11) is -3.19. The molecule has 1 fully saturated rings. The molecule has 28 heavy (non-hydrogen) atoms. The minimum absolute atomic E-state index is 0.0157. The van der Waals surface area contributed by atoms with Gasteiger partial charge in [-0.3, -0.25) is 4.79 Å². The summed E-state index contributed by atoms with van der Waals surface area (Å²) in [5.41, 5.74) is 2.18. The van der Waals surface area contributed by atoms with Gasteiger partial charge in [0.1, 0.15) is 11.6 Å². The van der Waals surface area contributed by atoms with E-state index >= 15 is 0 Å². The summed E-state index contributed by atoms with van der Waals surface area (Å²) in [6.45, 7) is 3.58. The second-order valence-electron chi connectivity index (χ2n) is 7.18. The highest BCUT2D eigenvalue weighted by Crippen LogP contribution is 2.24. The predicted octanol–water partition coefficient (Wildman–Crippen LogP) is 3.04. The van der Waals surface area contributed by atoms with Gasteiger partial charge in [0, 0.05) is 18.2 Å². The number of halogens is 1. The lowest BCUT2D eigenvalue weighted by molar-refractivity contribution is -0.136. The van der Waals surface area contributed by atoms with Crippen LogP contribution in [0, 0.1) is 19.7 Å². The van der Waals surface area contributed by atoms with Crippen LogP contribution in [0.15, 0.2) is 42.5 Å². The molecule has 0 spiro atoms. The van der Waals surface area contributed by atoms with E-state index in [0.717, 1.165) is 11.1 Å². The van der Waals surface area contributed by atoms with Gasteiger partial charge in [-0.05, 0) is 37.5 Å². The van der Waals surface area contributed by atoms with E-state index in [4.69, 9.17) is 4.74 Å². The zero-order valence-corrected chi connectivity index (χ0v) is 16.8. The number of para-hydroxylation sites is 1. The van der Waals surface area contributed by atoms with Crippen LogP contribution < -0.4 is 4.74 Å². The number of benzene rings is 2. The SMILES string of the molecule is Cc1cccc(C)c1OCC(=O)N(Cc1ccccc1F)[C@H]1CCS(=O)(=O)C1. The minimum Gasteiger partial charge on any atom is -0.483 e. The molecule has 2 aromatic rings. The van der Waals surface area contributed by atoms with Crippen LogP contribution in [0.4, 0.5) is 4.39 Å². The second-order valence-corrected chi connectivity index (χ2v) is 9.41. The van der Waals surface area contributed by atoms with Crippen LogP contribution in [-0.4, -0.2) is 43.4 Å². The van der Waals surface area contributed by atoms with Crippen molar-refractivity contribution in [3.8, 4) is 5.75 Å². The van der Waals surface area contributed by atoms with Crippen molar-refractivity contribution in [1.82, 2.24) is 4.90 Å². The van der Waals surface area contributed by atoms with Gasteiger partial charge in [-0.2, -0.15) is 0 Å². The molecule has 1 saturated heterocycles. The van der Waals surface area contributed by atoms with Gasteiger partial charge in [-0.25, -0.2) is 12.8 Å². The van der Waals surface area contributed by atoms with Crippen LogP contribution >= 0.6 is 0 Å². The second kappa shape index (κ2) is 8.31. The summed E-state index contributed by atoms with van der Waals surface area (Å²) >= 11 is 0. The summed E-state index contributed by atoms with van der Waals surface area (Å²) < 4.78 is 43.7. The fraction of sp³-hybridized carbons (Fsp3) is 0.381. The zero-order chi connectivity index (χ0) is 20.3. The molecule has 0 radical (unpaired) electrons. The van der Waals surface area contributed by atoms with Gasteiger partial charge in [-0.15, -0.1) is 0 Å². The molecule has 2 aromatic carbocycles. The first-order valence-corrected chi connectivity index (χ1v) is 11.0. The normalized spacial score (nSPS) is 18.0. The lowest BCUT2D eigenvalue weighted by atomic mass is 10.1. The number of rotatable bonds is 6. The van der Waals surface area contributed by atoms with Gasteiger partial charge in [0.05, 0.1) is 11.5 Å². The third kappa shape index (κ3) is 4.70. The monoisotopic (exact) mass is 405 g/mol. The van der Waals surface area contributed by atoms with Crippen LogP contribution in [0.5, 0.6) is 5.75 Å². The Morgan fingerprint density at radius 2 is 1.82 bits per heavy atom. The minimum atomic E-state index is -3.19. The average molecular weight is 405 g/mol. The molecule has 1 aliphatic rings. The summed E-state index contributed by atoms with van der Waals surface area (Å²) in [5, 5.41) is 0. The number of aryl methyl sites for hydroxylation is 2. The van der Waals surface area contributed by atoms with E-state index in [2.05, 4.69) is 0 Å². The van der Waals surface area contributed by atoms with E-state index in [9.17, 15) is 17.6 Å². The number of amides is 1. The van der Waals surface area contributed by atoms with E-state index in [-0.39, 0.29) is 30.6 Å². The van der Waals surface area contributed by atoms with Crippen LogP contribution in [0.3, 0.4) is 0 Å². The van der Waals surface area contributed by atoms with Crippen molar-refractivity contribution in [2.45, 2.75) is 32.9 Å². The Morgan fingerprint density at radius 3 is 2.43 bits per heavy atom. The predicted molar refractivity (Wildman–Crippen MR) is 105 cm³/mol. The third-order valence-corrected chi connectivity index (χ3v) is 6.77. The Kier molecular flexibility index (Phi) is 6.03. The highest BCUT2D eigenvalue weighted by atomic mass is 32.2. The van der Waals surface area contributed by atoms with Gasteiger partial charge >= 0.3 is 0 Å². The zero-order valence-electron chi connectivity index (χ0n) is 16.0. The van der Waals surface area contributed by atoms with E-state index in [1.807, 2.05) is 32.0 Å². The van der Waals surface area contributed by atoms with Gasteiger partial charge in [0.2, 0.25) is 0 Å². The smallest absolute Gasteiger partial charge is 0.261 e. The lowest BCUT2D eigenvalue weighted by Crippen LogP contribution is -2.43. The molecule has 0 aromatic heterocycles. The molecule has 0 unspecified atom stereocenters. The van der Waals surface area contributed by atoms with Gasteiger partial charge in [-0.1, -0.05) is 36.4 Å². The van der Waals surface area contributed by atoms with Gasteiger partial charge < -0.3 is 9.64 Å². The molecule has 1 aliphatic heterocycles. The topological polar surface area (TPSA) is 63.7 Å². The van der Waals surface area contributed by atoms with Crippen LogP contribution in [0.25, 0.3) is 0 Å². The molecule has 0 saturated carbocycles. The Hall–Kier alpha value is -2.41. The first-order chi connectivity index (χ1) is 13.3. The van der Waals surface area contributed by atoms with Crippen LogP contribution in [0.1, 0.15) is 23.1 Å². The number of sulfone groups is 1.